The maximum Gasteiger partial charge on any atom is 0.191 e. The predicted octanol–water partition coefficient (Wildman–Crippen LogP) is 1.58. The first-order valence-corrected chi connectivity index (χ1v) is 10.1. The summed E-state index contributed by atoms with van der Waals surface area (Å²) in [6.07, 6.45) is 0.606. The minimum Gasteiger partial charge on any atom is -0.357 e. The fourth-order valence-electron chi connectivity index (χ4n) is 2.71. The molecule has 1 aliphatic heterocycles. The van der Waals surface area contributed by atoms with E-state index < -0.39 is 9.84 Å². The molecule has 0 bridgehead atoms. The SMILES string of the molecule is CCNC(=NCc1cc(-c2ccccc2)on1)NC1CCS(=O)(=O)C1. The second-order valence-electron chi connectivity index (χ2n) is 5.99. The molecule has 25 heavy (non-hydrogen) atoms. The predicted molar refractivity (Wildman–Crippen MR) is 96.9 cm³/mol. The Bertz CT molecular complexity index is 831. The molecule has 2 aromatic rings. The van der Waals surface area contributed by atoms with Crippen LogP contribution >= 0.6 is 0 Å². The second-order valence-corrected chi connectivity index (χ2v) is 8.22. The lowest BCUT2D eigenvalue weighted by molar-refractivity contribution is 0.424. The Kier molecular flexibility index (Phi) is 5.37. The summed E-state index contributed by atoms with van der Waals surface area (Å²) in [7, 11) is -2.92. The highest BCUT2D eigenvalue weighted by Gasteiger charge is 2.28. The molecule has 0 saturated carbocycles. The standard InChI is InChI=1S/C17H22N4O3S/c1-2-18-17(20-14-8-9-25(22,23)12-14)19-11-15-10-16(24-21-15)13-6-4-3-5-7-13/h3-7,10,14H,2,8-9,11-12H2,1H3,(H2,18,19,20). The third kappa shape index (κ3) is 4.82. The molecule has 8 heteroatoms. The van der Waals surface area contributed by atoms with Gasteiger partial charge in [0.1, 0.15) is 5.69 Å². The first-order valence-electron chi connectivity index (χ1n) is 8.32. The molecule has 1 aliphatic rings. The number of nitrogens with one attached hydrogen (secondary N) is 2. The van der Waals surface area contributed by atoms with Crippen LogP contribution in [0, 0.1) is 0 Å². The maximum atomic E-state index is 11.6. The molecule has 7 nitrogen and oxygen atoms in total. The van der Waals surface area contributed by atoms with Crippen molar-refractivity contribution < 1.29 is 12.9 Å². The molecule has 2 N–H and O–H groups in total. The van der Waals surface area contributed by atoms with Crippen molar-refractivity contribution in [1.29, 1.82) is 0 Å². The quantitative estimate of drug-likeness (QED) is 0.619. The van der Waals surface area contributed by atoms with E-state index in [-0.39, 0.29) is 17.5 Å². The summed E-state index contributed by atoms with van der Waals surface area (Å²) in [5.41, 5.74) is 1.68. The Morgan fingerprint density at radius 3 is 2.84 bits per heavy atom. The van der Waals surface area contributed by atoms with E-state index in [1.54, 1.807) is 0 Å². The van der Waals surface area contributed by atoms with Crippen LogP contribution in [0.5, 0.6) is 0 Å². The third-order valence-electron chi connectivity index (χ3n) is 3.93. The van der Waals surface area contributed by atoms with Crippen molar-refractivity contribution in [3.63, 3.8) is 0 Å². The van der Waals surface area contributed by atoms with Crippen LogP contribution in [-0.4, -0.2) is 43.6 Å². The van der Waals surface area contributed by atoms with E-state index in [0.717, 1.165) is 11.3 Å². The number of hydrogen-bond donors (Lipinski definition) is 2. The number of aromatic nitrogens is 1. The van der Waals surface area contributed by atoms with Crippen molar-refractivity contribution in [2.24, 2.45) is 4.99 Å². The van der Waals surface area contributed by atoms with Gasteiger partial charge in [0.15, 0.2) is 21.6 Å². The minimum atomic E-state index is -2.92. The van der Waals surface area contributed by atoms with Crippen molar-refractivity contribution in [2.75, 3.05) is 18.1 Å². The van der Waals surface area contributed by atoms with Gasteiger partial charge in [-0.3, -0.25) is 0 Å². The van der Waals surface area contributed by atoms with Gasteiger partial charge in [-0.05, 0) is 13.3 Å². The minimum absolute atomic E-state index is 0.0972. The molecule has 0 spiro atoms. The van der Waals surface area contributed by atoms with Crippen molar-refractivity contribution in [3.8, 4) is 11.3 Å². The summed E-state index contributed by atoms with van der Waals surface area (Å²) in [5, 5.41) is 10.4. The summed E-state index contributed by atoms with van der Waals surface area (Å²) >= 11 is 0. The van der Waals surface area contributed by atoms with Gasteiger partial charge in [0, 0.05) is 24.2 Å². The summed E-state index contributed by atoms with van der Waals surface area (Å²) in [5.74, 6) is 1.67. The Balaban J connectivity index is 1.65. The molecule has 0 radical (unpaired) electrons. The Hall–Kier alpha value is -2.35. The van der Waals surface area contributed by atoms with Crippen LogP contribution in [0.25, 0.3) is 11.3 Å². The number of aliphatic imine (C=N–C) groups is 1. The van der Waals surface area contributed by atoms with E-state index in [4.69, 9.17) is 4.52 Å². The van der Waals surface area contributed by atoms with E-state index >= 15 is 0 Å². The van der Waals surface area contributed by atoms with E-state index in [1.807, 2.05) is 43.3 Å². The summed E-state index contributed by atoms with van der Waals surface area (Å²) < 4.78 is 28.5. The van der Waals surface area contributed by atoms with Crippen molar-refractivity contribution >= 4 is 15.8 Å². The molecule has 134 valence electrons. The fraction of sp³-hybridized carbons (Fsp3) is 0.412. The first-order chi connectivity index (χ1) is 12.1. The lowest BCUT2D eigenvalue weighted by Gasteiger charge is -2.15. The molecule has 1 aromatic carbocycles. The van der Waals surface area contributed by atoms with Crippen molar-refractivity contribution in [1.82, 2.24) is 15.8 Å². The van der Waals surface area contributed by atoms with E-state index in [2.05, 4.69) is 20.8 Å². The molecule has 1 aromatic heterocycles. The smallest absolute Gasteiger partial charge is 0.191 e. The second kappa shape index (κ2) is 7.69. The average molecular weight is 362 g/mol. The Morgan fingerprint density at radius 2 is 2.16 bits per heavy atom. The van der Waals surface area contributed by atoms with Gasteiger partial charge in [-0.25, -0.2) is 13.4 Å². The Morgan fingerprint density at radius 1 is 1.36 bits per heavy atom. The summed E-state index contributed by atoms with van der Waals surface area (Å²) in [6, 6.07) is 11.5. The van der Waals surface area contributed by atoms with Crippen LogP contribution in [0.2, 0.25) is 0 Å². The average Bonchev–Trinajstić information content (AvgIpc) is 3.20. The number of benzene rings is 1. The van der Waals surface area contributed by atoms with Gasteiger partial charge in [0.05, 0.1) is 18.1 Å². The van der Waals surface area contributed by atoms with Gasteiger partial charge in [0.2, 0.25) is 0 Å². The monoisotopic (exact) mass is 362 g/mol. The zero-order valence-corrected chi connectivity index (χ0v) is 14.9. The van der Waals surface area contributed by atoms with Gasteiger partial charge in [-0.1, -0.05) is 35.5 Å². The van der Waals surface area contributed by atoms with Gasteiger partial charge < -0.3 is 15.2 Å². The van der Waals surface area contributed by atoms with Crippen LogP contribution in [0.4, 0.5) is 0 Å². The third-order valence-corrected chi connectivity index (χ3v) is 5.70. The molecule has 2 heterocycles. The lowest BCUT2D eigenvalue weighted by Crippen LogP contribution is -2.44. The van der Waals surface area contributed by atoms with Crippen molar-refractivity contribution in [2.45, 2.75) is 25.9 Å². The van der Waals surface area contributed by atoms with E-state index in [0.29, 0.717) is 31.2 Å². The number of guanidine groups is 1. The van der Waals surface area contributed by atoms with Crippen LogP contribution in [-0.2, 0) is 16.4 Å². The van der Waals surface area contributed by atoms with Gasteiger partial charge in [-0.2, -0.15) is 0 Å². The van der Waals surface area contributed by atoms with Crippen molar-refractivity contribution in [3.05, 3.63) is 42.1 Å². The highest BCUT2D eigenvalue weighted by atomic mass is 32.2. The molecular formula is C17H22N4O3S. The zero-order valence-electron chi connectivity index (χ0n) is 14.1. The van der Waals surface area contributed by atoms with E-state index in [1.165, 1.54) is 0 Å². The normalized spacial score (nSPS) is 19.7. The first kappa shape index (κ1) is 17.5. The van der Waals surface area contributed by atoms with Crippen LogP contribution in [0.1, 0.15) is 19.0 Å². The lowest BCUT2D eigenvalue weighted by atomic mass is 10.2. The van der Waals surface area contributed by atoms with Crippen LogP contribution in [0.3, 0.4) is 0 Å². The molecule has 3 rings (SSSR count). The van der Waals surface area contributed by atoms with Crippen LogP contribution in [0.15, 0.2) is 45.9 Å². The Labute approximate surface area is 147 Å². The van der Waals surface area contributed by atoms with Gasteiger partial charge in [0.25, 0.3) is 0 Å². The largest absolute Gasteiger partial charge is 0.357 e. The number of sulfone groups is 1. The molecule has 0 aliphatic carbocycles. The maximum absolute atomic E-state index is 11.6. The fourth-order valence-corrected chi connectivity index (χ4v) is 4.38. The molecular weight excluding hydrogens is 340 g/mol. The molecule has 1 fully saturated rings. The van der Waals surface area contributed by atoms with Gasteiger partial charge in [-0.15, -0.1) is 0 Å². The van der Waals surface area contributed by atoms with E-state index in [9.17, 15) is 8.42 Å². The summed E-state index contributed by atoms with van der Waals surface area (Å²) in [6.45, 7) is 3.01. The molecule has 1 atom stereocenters. The van der Waals surface area contributed by atoms with Crippen LogP contribution < -0.4 is 10.6 Å². The molecule has 1 saturated heterocycles. The molecule has 1 unspecified atom stereocenters. The zero-order chi connectivity index (χ0) is 17.7. The topological polar surface area (TPSA) is 96.6 Å². The molecule has 0 amide bonds. The number of hydrogen-bond acceptors (Lipinski definition) is 5. The highest BCUT2D eigenvalue weighted by Crippen LogP contribution is 2.20. The number of rotatable bonds is 5. The van der Waals surface area contributed by atoms with Gasteiger partial charge >= 0.3 is 0 Å². The number of nitrogens with zero attached hydrogens (tertiary/aromatic N) is 2. The highest BCUT2D eigenvalue weighted by molar-refractivity contribution is 7.91. The summed E-state index contributed by atoms with van der Waals surface area (Å²) in [4.78, 5) is 4.48.